The zero-order valence-corrected chi connectivity index (χ0v) is 13.4. The summed E-state index contributed by atoms with van der Waals surface area (Å²) in [6.07, 6.45) is 4.92. The van der Waals surface area contributed by atoms with Crippen LogP contribution in [0.2, 0.25) is 0 Å². The van der Waals surface area contributed by atoms with E-state index in [-0.39, 0.29) is 13.2 Å². The predicted octanol–water partition coefficient (Wildman–Crippen LogP) is 1.95. The molecule has 0 spiro atoms. The van der Waals surface area contributed by atoms with E-state index >= 15 is 0 Å². The van der Waals surface area contributed by atoms with Gasteiger partial charge in [-0.2, -0.15) is 5.10 Å². The number of rotatable bonds is 7. The minimum atomic E-state index is -0.0222. The normalized spacial score (nSPS) is 10.6. The summed E-state index contributed by atoms with van der Waals surface area (Å²) in [5, 5.41) is 16.2. The number of aliphatic hydroxyl groups excluding tert-OH is 1. The summed E-state index contributed by atoms with van der Waals surface area (Å²) in [4.78, 5) is 8.15. The third-order valence-corrected chi connectivity index (χ3v) is 3.50. The third kappa shape index (κ3) is 3.88. The van der Waals surface area contributed by atoms with Gasteiger partial charge in [-0.05, 0) is 30.2 Å². The molecule has 0 bridgehead atoms. The Morgan fingerprint density at radius 1 is 1.25 bits per heavy atom. The van der Waals surface area contributed by atoms with Gasteiger partial charge in [0.2, 0.25) is 5.88 Å². The number of hydrogen-bond acceptors (Lipinski definition) is 6. The van der Waals surface area contributed by atoms with Gasteiger partial charge in [-0.3, -0.25) is 0 Å². The van der Waals surface area contributed by atoms with E-state index in [0.717, 1.165) is 22.5 Å². The highest BCUT2D eigenvalue weighted by Gasteiger charge is 2.03. The molecule has 3 rings (SSSR count). The summed E-state index contributed by atoms with van der Waals surface area (Å²) < 4.78 is 6.99. The fourth-order valence-corrected chi connectivity index (χ4v) is 2.34. The third-order valence-electron chi connectivity index (χ3n) is 3.50. The smallest absolute Gasteiger partial charge is 0.213 e. The maximum Gasteiger partial charge on any atom is 0.213 e. The second-order valence-electron chi connectivity index (χ2n) is 5.27. The Hall–Kier alpha value is -2.93. The number of ether oxygens (including phenoxy) is 1. The van der Waals surface area contributed by atoms with Gasteiger partial charge in [-0.1, -0.05) is 12.1 Å². The Kier molecular flexibility index (Phi) is 5.02. The molecule has 0 fully saturated rings. The van der Waals surface area contributed by atoms with Crippen molar-refractivity contribution in [1.29, 1.82) is 0 Å². The number of aromatic nitrogens is 4. The van der Waals surface area contributed by atoms with E-state index in [1.165, 1.54) is 6.33 Å². The van der Waals surface area contributed by atoms with Gasteiger partial charge in [0.25, 0.3) is 0 Å². The summed E-state index contributed by atoms with van der Waals surface area (Å²) in [6.45, 7) is 2.97. The van der Waals surface area contributed by atoms with Crippen molar-refractivity contribution in [2.75, 3.05) is 18.5 Å². The molecule has 0 unspecified atom stereocenters. The molecule has 0 radical (unpaired) electrons. The van der Waals surface area contributed by atoms with Crippen LogP contribution >= 0.6 is 0 Å². The molecular formula is C17H19N5O2. The lowest BCUT2D eigenvalue weighted by atomic mass is 10.1. The van der Waals surface area contributed by atoms with E-state index in [1.807, 2.05) is 12.1 Å². The number of nitrogens with zero attached hydrogens (tertiary/aromatic N) is 4. The number of anilines is 1. The highest BCUT2D eigenvalue weighted by Crippen LogP contribution is 2.17. The van der Waals surface area contributed by atoms with E-state index in [1.54, 1.807) is 23.3 Å². The second kappa shape index (κ2) is 7.56. The first kappa shape index (κ1) is 15.9. The van der Waals surface area contributed by atoms with Crippen LogP contribution in [-0.2, 0) is 6.54 Å². The van der Waals surface area contributed by atoms with Crippen molar-refractivity contribution < 1.29 is 9.84 Å². The van der Waals surface area contributed by atoms with Crippen LogP contribution in [0.3, 0.4) is 0 Å². The molecular weight excluding hydrogens is 306 g/mol. The first-order valence-corrected chi connectivity index (χ1v) is 7.64. The summed E-state index contributed by atoms with van der Waals surface area (Å²) in [7, 11) is 0. The molecule has 2 N–H and O–H groups in total. The number of nitrogens with one attached hydrogen (secondary N) is 1. The van der Waals surface area contributed by atoms with Crippen LogP contribution in [0, 0.1) is 6.92 Å². The molecule has 3 aromatic rings. The lowest BCUT2D eigenvalue weighted by molar-refractivity contribution is 0.196. The summed E-state index contributed by atoms with van der Waals surface area (Å²) >= 11 is 0. The topological polar surface area (TPSA) is 85.1 Å². The molecule has 124 valence electrons. The van der Waals surface area contributed by atoms with Gasteiger partial charge in [0, 0.05) is 12.6 Å². The van der Waals surface area contributed by atoms with Gasteiger partial charge >= 0.3 is 0 Å². The minimum Gasteiger partial charge on any atom is -0.475 e. The highest BCUT2D eigenvalue weighted by molar-refractivity contribution is 5.45. The van der Waals surface area contributed by atoms with Crippen LogP contribution in [0.1, 0.15) is 11.1 Å². The molecule has 7 heteroatoms. The van der Waals surface area contributed by atoms with Crippen molar-refractivity contribution in [1.82, 2.24) is 19.7 Å². The van der Waals surface area contributed by atoms with Crippen LogP contribution in [0.15, 0.2) is 49.2 Å². The average Bonchev–Trinajstić information content (AvgIpc) is 3.13. The molecule has 0 aliphatic rings. The average molecular weight is 325 g/mol. The lowest BCUT2D eigenvalue weighted by Gasteiger charge is -2.10. The molecule has 0 saturated heterocycles. The quantitative estimate of drug-likeness (QED) is 0.691. The van der Waals surface area contributed by atoms with E-state index in [9.17, 15) is 0 Å². The van der Waals surface area contributed by atoms with Crippen molar-refractivity contribution in [3.63, 3.8) is 0 Å². The van der Waals surface area contributed by atoms with Gasteiger partial charge in [-0.15, -0.1) is 0 Å². The lowest BCUT2D eigenvalue weighted by Crippen LogP contribution is -2.04. The van der Waals surface area contributed by atoms with E-state index in [0.29, 0.717) is 12.4 Å². The van der Waals surface area contributed by atoms with Gasteiger partial charge in [0.05, 0.1) is 24.2 Å². The van der Waals surface area contributed by atoms with Crippen molar-refractivity contribution in [3.05, 3.63) is 60.3 Å². The zero-order valence-electron chi connectivity index (χ0n) is 13.4. The van der Waals surface area contributed by atoms with Crippen LogP contribution < -0.4 is 10.1 Å². The van der Waals surface area contributed by atoms with Gasteiger partial charge in [0.1, 0.15) is 19.3 Å². The van der Waals surface area contributed by atoms with Crippen molar-refractivity contribution in [2.45, 2.75) is 13.5 Å². The summed E-state index contributed by atoms with van der Waals surface area (Å²) in [5.74, 6) is 0.502. The first-order chi connectivity index (χ1) is 11.8. The number of aliphatic hydroxyl groups is 1. The van der Waals surface area contributed by atoms with E-state index in [4.69, 9.17) is 9.84 Å². The Morgan fingerprint density at radius 3 is 2.83 bits per heavy atom. The Bertz CT molecular complexity index is 772. The molecule has 24 heavy (non-hydrogen) atoms. The molecule has 7 nitrogen and oxygen atoms in total. The molecule has 0 aliphatic heterocycles. The minimum absolute atomic E-state index is 0.0222. The molecule has 0 amide bonds. The maximum atomic E-state index is 8.72. The molecule has 2 aromatic heterocycles. The molecule has 0 atom stereocenters. The van der Waals surface area contributed by atoms with Gasteiger partial charge < -0.3 is 15.2 Å². The van der Waals surface area contributed by atoms with Crippen LogP contribution in [-0.4, -0.2) is 38.1 Å². The largest absolute Gasteiger partial charge is 0.475 e. The van der Waals surface area contributed by atoms with E-state index < -0.39 is 0 Å². The first-order valence-electron chi connectivity index (χ1n) is 7.64. The maximum absolute atomic E-state index is 8.72. The Balaban J connectivity index is 1.61. The highest BCUT2D eigenvalue weighted by atomic mass is 16.5. The van der Waals surface area contributed by atoms with Crippen molar-refractivity contribution in [3.8, 4) is 11.6 Å². The number of benzene rings is 1. The SMILES string of the molecule is Cc1cc(CNc2ccc(OCCO)nc2)ccc1-n1cncn1. The van der Waals surface area contributed by atoms with Crippen LogP contribution in [0.5, 0.6) is 5.88 Å². The molecule has 2 heterocycles. The zero-order chi connectivity index (χ0) is 16.8. The van der Waals surface area contributed by atoms with Crippen LogP contribution in [0.25, 0.3) is 5.69 Å². The molecule has 0 saturated carbocycles. The standard InChI is InChI=1S/C17H19N5O2/c1-13-8-14(2-4-16(13)22-12-18-11-21-22)9-19-15-3-5-17(20-10-15)24-7-6-23/h2-5,8,10-12,19,23H,6-7,9H2,1H3. The fourth-order valence-electron chi connectivity index (χ4n) is 2.34. The summed E-state index contributed by atoms with van der Waals surface area (Å²) in [6, 6.07) is 9.89. The predicted molar refractivity (Wildman–Crippen MR) is 90.2 cm³/mol. The number of hydrogen-bond donors (Lipinski definition) is 2. The molecule has 0 aliphatic carbocycles. The van der Waals surface area contributed by atoms with Crippen molar-refractivity contribution in [2.24, 2.45) is 0 Å². The monoisotopic (exact) mass is 325 g/mol. The second-order valence-corrected chi connectivity index (χ2v) is 5.27. The summed E-state index contributed by atoms with van der Waals surface area (Å²) in [5.41, 5.74) is 4.22. The number of aryl methyl sites for hydroxylation is 1. The van der Waals surface area contributed by atoms with Gasteiger partial charge in [-0.25, -0.2) is 14.6 Å². The fraction of sp³-hybridized carbons (Fsp3) is 0.235. The molecule has 1 aromatic carbocycles. The van der Waals surface area contributed by atoms with Gasteiger partial charge in [0.15, 0.2) is 0 Å². The van der Waals surface area contributed by atoms with Crippen molar-refractivity contribution >= 4 is 5.69 Å². The Labute approximate surface area is 140 Å². The number of pyridine rings is 1. The van der Waals surface area contributed by atoms with Crippen LogP contribution in [0.4, 0.5) is 5.69 Å². The Morgan fingerprint density at radius 2 is 2.17 bits per heavy atom. The van der Waals surface area contributed by atoms with E-state index in [2.05, 4.69) is 39.4 Å².